The highest BCUT2D eigenvalue weighted by atomic mass is 31.2. The van der Waals surface area contributed by atoms with Gasteiger partial charge in [-0.2, -0.15) is 0 Å². The summed E-state index contributed by atoms with van der Waals surface area (Å²) in [5.41, 5.74) is 0. The van der Waals surface area contributed by atoms with Crippen molar-refractivity contribution in [2.24, 2.45) is 11.8 Å². The molecule has 0 saturated carbocycles. The Morgan fingerprint density at radius 3 is 0.731 bits per heavy atom. The van der Waals surface area contributed by atoms with Crippen LogP contribution in [0.3, 0.4) is 0 Å². The number of rotatable bonds is 84. The summed E-state index contributed by atoms with van der Waals surface area (Å²) < 4.78 is 68.9. The minimum atomic E-state index is -4.97. The molecule has 6 atom stereocenters. The van der Waals surface area contributed by atoms with Crippen LogP contribution in [0.25, 0.3) is 0 Å². The van der Waals surface area contributed by atoms with E-state index >= 15 is 0 Å². The lowest BCUT2D eigenvalue weighted by Crippen LogP contribution is -2.30. The number of carbonyl (C=O) groups is 4. The average Bonchev–Trinajstić information content (AvgIpc) is 0.907. The van der Waals surface area contributed by atoms with Crippen LogP contribution in [0.15, 0.2) is 0 Å². The van der Waals surface area contributed by atoms with Gasteiger partial charge < -0.3 is 33.8 Å². The lowest BCUT2D eigenvalue weighted by atomic mass is 9.99. The van der Waals surface area contributed by atoms with Gasteiger partial charge in [0.2, 0.25) is 0 Å². The standard InChI is InChI=1S/C85H166O17P2/c1-7-10-12-14-16-18-20-22-24-31-34-38-42-49-55-61-67-82(87)95-73-80(101-84(89)70-64-58-52-44-40-36-32-28-26-25-27-30-33-37-41-47-53-59-65-77(4)5)75-99-103(91,92)97-71-79(86)72-98-104(93,94)100-76-81(74-96-83(88)68-62-56-50-46-45-48-54-60-66-78(6)9-3)102-85(90)69-63-57-51-43-39-35-29-23-21-19-17-15-13-11-8-2/h77-81,86H,7-76H2,1-6H3,(H,91,92)(H,93,94)/t78?,79-,80-,81-/m1/s1. The minimum absolute atomic E-state index is 0.108. The summed E-state index contributed by atoms with van der Waals surface area (Å²) in [6.45, 7) is 9.71. The monoisotopic (exact) mass is 1520 g/mol. The Morgan fingerprint density at radius 2 is 0.490 bits per heavy atom. The van der Waals surface area contributed by atoms with E-state index in [0.29, 0.717) is 25.7 Å². The van der Waals surface area contributed by atoms with Crippen LogP contribution >= 0.6 is 15.6 Å². The quantitative estimate of drug-likeness (QED) is 0.0222. The first-order valence-electron chi connectivity index (χ1n) is 44.0. The van der Waals surface area contributed by atoms with Crippen LogP contribution < -0.4 is 0 Å². The first-order valence-corrected chi connectivity index (χ1v) is 47.0. The van der Waals surface area contributed by atoms with Crippen molar-refractivity contribution < 1.29 is 80.2 Å². The molecule has 0 aromatic carbocycles. The maximum Gasteiger partial charge on any atom is 0.472 e. The third-order valence-electron chi connectivity index (χ3n) is 20.3. The summed E-state index contributed by atoms with van der Waals surface area (Å²) in [6.07, 6.45) is 67.9. The predicted molar refractivity (Wildman–Crippen MR) is 428 cm³/mol. The molecule has 0 saturated heterocycles. The van der Waals surface area contributed by atoms with E-state index in [-0.39, 0.29) is 25.7 Å². The molecule has 0 fully saturated rings. The summed E-state index contributed by atoms with van der Waals surface area (Å²) in [5, 5.41) is 10.7. The summed E-state index contributed by atoms with van der Waals surface area (Å²) in [4.78, 5) is 73.2. The molecule has 0 bridgehead atoms. The average molecular weight is 1520 g/mol. The first kappa shape index (κ1) is 102. The zero-order valence-corrected chi connectivity index (χ0v) is 70.1. The van der Waals surface area contributed by atoms with Crippen molar-refractivity contribution in [3.05, 3.63) is 0 Å². The van der Waals surface area contributed by atoms with Crippen LogP contribution in [-0.2, 0) is 65.4 Å². The number of aliphatic hydroxyl groups is 1. The van der Waals surface area contributed by atoms with Crippen LogP contribution in [-0.4, -0.2) is 96.7 Å². The largest absolute Gasteiger partial charge is 0.472 e. The Bertz CT molecular complexity index is 2000. The van der Waals surface area contributed by atoms with E-state index in [0.717, 1.165) is 102 Å². The van der Waals surface area contributed by atoms with Gasteiger partial charge in [0.15, 0.2) is 12.2 Å². The van der Waals surface area contributed by atoms with Crippen molar-refractivity contribution in [2.45, 2.75) is 471 Å². The van der Waals surface area contributed by atoms with Crippen LogP contribution in [0, 0.1) is 11.8 Å². The third-order valence-corrected chi connectivity index (χ3v) is 22.2. The maximum absolute atomic E-state index is 13.1. The van der Waals surface area contributed by atoms with Crippen LogP contribution in [0.4, 0.5) is 0 Å². The fraction of sp³-hybridized carbons (Fsp3) is 0.953. The molecule has 104 heavy (non-hydrogen) atoms. The molecule has 0 aliphatic heterocycles. The van der Waals surface area contributed by atoms with Crippen molar-refractivity contribution in [2.75, 3.05) is 39.6 Å². The molecule has 0 amide bonds. The molecule has 0 aliphatic carbocycles. The molecule has 0 aromatic heterocycles. The summed E-state index contributed by atoms with van der Waals surface area (Å²) >= 11 is 0. The highest BCUT2D eigenvalue weighted by molar-refractivity contribution is 7.47. The lowest BCUT2D eigenvalue weighted by Gasteiger charge is -2.21. The van der Waals surface area contributed by atoms with Gasteiger partial charge in [0.05, 0.1) is 26.4 Å². The van der Waals surface area contributed by atoms with E-state index in [9.17, 15) is 43.2 Å². The van der Waals surface area contributed by atoms with Crippen molar-refractivity contribution >= 4 is 39.5 Å². The zero-order valence-electron chi connectivity index (χ0n) is 68.3. The van der Waals surface area contributed by atoms with Gasteiger partial charge in [-0.15, -0.1) is 0 Å². The molecule has 618 valence electrons. The van der Waals surface area contributed by atoms with Gasteiger partial charge >= 0.3 is 39.5 Å². The number of aliphatic hydroxyl groups excluding tert-OH is 1. The van der Waals surface area contributed by atoms with Gasteiger partial charge in [0.1, 0.15) is 19.3 Å². The molecule has 0 spiro atoms. The molecule has 0 heterocycles. The van der Waals surface area contributed by atoms with Gasteiger partial charge in [-0.1, -0.05) is 401 Å². The highest BCUT2D eigenvalue weighted by Crippen LogP contribution is 2.45. The number of carbonyl (C=O) groups excluding carboxylic acids is 4. The van der Waals surface area contributed by atoms with E-state index in [1.807, 2.05) is 0 Å². The fourth-order valence-electron chi connectivity index (χ4n) is 13.2. The number of ether oxygens (including phenoxy) is 4. The van der Waals surface area contributed by atoms with Crippen LogP contribution in [0.1, 0.15) is 452 Å². The molecule has 19 heteroatoms. The first-order chi connectivity index (χ1) is 50.4. The number of phosphoric ester groups is 2. The fourth-order valence-corrected chi connectivity index (χ4v) is 14.8. The Morgan fingerprint density at radius 1 is 0.279 bits per heavy atom. The van der Waals surface area contributed by atoms with Crippen LogP contribution in [0.5, 0.6) is 0 Å². The summed E-state index contributed by atoms with van der Waals surface area (Å²) in [5.74, 6) is -0.503. The molecule has 0 aliphatic rings. The topological polar surface area (TPSA) is 237 Å². The van der Waals surface area contributed by atoms with Crippen molar-refractivity contribution in [1.82, 2.24) is 0 Å². The summed E-state index contributed by atoms with van der Waals surface area (Å²) in [6, 6.07) is 0. The van der Waals surface area contributed by atoms with Gasteiger partial charge in [0.25, 0.3) is 0 Å². The zero-order chi connectivity index (χ0) is 76.4. The number of hydrogen-bond donors (Lipinski definition) is 3. The Labute approximate surface area is 638 Å². The molecule has 0 aromatic rings. The molecule has 17 nitrogen and oxygen atoms in total. The van der Waals surface area contributed by atoms with Gasteiger partial charge in [-0.25, -0.2) is 9.13 Å². The van der Waals surface area contributed by atoms with Gasteiger partial charge in [0, 0.05) is 25.7 Å². The Hall–Kier alpha value is -1.94. The second-order valence-electron chi connectivity index (χ2n) is 31.3. The normalized spacial score (nSPS) is 14.1. The Balaban J connectivity index is 5.25. The van der Waals surface area contributed by atoms with E-state index in [2.05, 4.69) is 41.5 Å². The highest BCUT2D eigenvalue weighted by Gasteiger charge is 2.30. The SMILES string of the molecule is CCCCCCCCCCCCCCCCCCC(=O)OC[C@H](COP(=O)(O)OC[C@@H](O)COP(=O)(O)OC[C@@H](COC(=O)CCCCCCCCCCC(C)CC)OC(=O)CCCCCCCCCCCCCCCCC)OC(=O)CCCCCCCCCCCCCCCCCCCCC(C)C. The van der Waals surface area contributed by atoms with Gasteiger partial charge in [-0.05, 0) is 37.5 Å². The molecular formula is C85H166O17P2. The van der Waals surface area contributed by atoms with E-state index < -0.39 is 97.5 Å². The van der Waals surface area contributed by atoms with E-state index in [1.54, 1.807) is 0 Å². The number of phosphoric acid groups is 2. The second-order valence-corrected chi connectivity index (χ2v) is 34.2. The van der Waals surface area contributed by atoms with E-state index in [1.165, 1.54) is 270 Å². The van der Waals surface area contributed by atoms with Gasteiger partial charge in [-0.3, -0.25) is 37.3 Å². The van der Waals surface area contributed by atoms with Crippen molar-refractivity contribution in [3.8, 4) is 0 Å². The lowest BCUT2D eigenvalue weighted by molar-refractivity contribution is -0.161. The second kappa shape index (κ2) is 76.4. The number of hydrogen-bond acceptors (Lipinski definition) is 15. The van der Waals surface area contributed by atoms with Crippen LogP contribution in [0.2, 0.25) is 0 Å². The number of esters is 4. The Kier molecular flexibility index (Phi) is 75.0. The number of unbranched alkanes of at least 4 members (excludes halogenated alkanes) is 53. The predicted octanol–water partition coefficient (Wildman–Crippen LogP) is 25.8. The third kappa shape index (κ3) is 76.8. The molecule has 0 radical (unpaired) electrons. The minimum Gasteiger partial charge on any atom is -0.462 e. The smallest absolute Gasteiger partial charge is 0.462 e. The van der Waals surface area contributed by atoms with Crippen molar-refractivity contribution in [1.29, 1.82) is 0 Å². The molecule has 3 unspecified atom stereocenters. The maximum atomic E-state index is 13.1. The molecule has 0 rings (SSSR count). The van der Waals surface area contributed by atoms with Crippen molar-refractivity contribution in [3.63, 3.8) is 0 Å². The molecular weight excluding hydrogens is 1350 g/mol. The molecule has 3 N–H and O–H groups in total. The summed E-state index contributed by atoms with van der Waals surface area (Å²) in [7, 11) is -9.93. The van der Waals surface area contributed by atoms with E-state index in [4.69, 9.17) is 37.0 Å².